The lowest BCUT2D eigenvalue weighted by Gasteiger charge is -2.29. The van der Waals surface area contributed by atoms with Crippen LogP contribution >= 0.6 is 0 Å². The lowest BCUT2D eigenvalue weighted by molar-refractivity contribution is 0.0669. The monoisotopic (exact) mass is 236 g/mol. The van der Waals surface area contributed by atoms with Crippen LogP contribution in [0, 0.1) is 5.92 Å². The number of aromatic carboxylic acids is 1. The smallest absolute Gasteiger partial charge is 0.336 e. The minimum absolute atomic E-state index is 0.0528. The van der Waals surface area contributed by atoms with E-state index in [1.54, 1.807) is 18.2 Å². The van der Waals surface area contributed by atoms with Gasteiger partial charge in [0, 0.05) is 5.56 Å². The molecule has 92 valence electrons. The van der Waals surface area contributed by atoms with Crippen LogP contribution in [0.4, 0.5) is 4.39 Å². The van der Waals surface area contributed by atoms with Crippen molar-refractivity contribution in [3.63, 3.8) is 0 Å². The van der Waals surface area contributed by atoms with E-state index in [2.05, 4.69) is 0 Å². The Morgan fingerprint density at radius 1 is 1.35 bits per heavy atom. The van der Waals surface area contributed by atoms with Gasteiger partial charge in [-0.15, -0.1) is 0 Å². The van der Waals surface area contributed by atoms with Gasteiger partial charge >= 0.3 is 5.97 Å². The predicted molar refractivity (Wildman–Crippen MR) is 63.8 cm³/mol. The molecule has 1 aromatic carbocycles. The Hall–Kier alpha value is -1.38. The van der Waals surface area contributed by atoms with E-state index in [4.69, 9.17) is 5.11 Å². The van der Waals surface area contributed by atoms with Gasteiger partial charge < -0.3 is 5.11 Å². The number of hydrogen-bond acceptors (Lipinski definition) is 1. The van der Waals surface area contributed by atoms with Crippen molar-refractivity contribution < 1.29 is 14.3 Å². The summed E-state index contributed by atoms with van der Waals surface area (Å²) < 4.78 is 14.9. The van der Waals surface area contributed by atoms with Gasteiger partial charge in [0.15, 0.2) is 0 Å². The first-order valence-corrected chi connectivity index (χ1v) is 6.05. The standard InChI is InChI=1S/C14H17FO2/c1-14(15,10-6-2-3-7-10)12-9-5-4-8-11(12)13(16)17/h4-5,8-10H,2-3,6-7H2,1H3,(H,16,17). The van der Waals surface area contributed by atoms with Crippen molar-refractivity contribution in [3.8, 4) is 0 Å². The van der Waals surface area contributed by atoms with E-state index >= 15 is 0 Å². The van der Waals surface area contributed by atoms with Gasteiger partial charge in [-0.25, -0.2) is 9.18 Å². The maximum atomic E-state index is 14.9. The van der Waals surface area contributed by atoms with Crippen LogP contribution in [0.15, 0.2) is 24.3 Å². The summed E-state index contributed by atoms with van der Waals surface area (Å²) in [4.78, 5) is 11.1. The van der Waals surface area contributed by atoms with Gasteiger partial charge in [-0.3, -0.25) is 0 Å². The summed E-state index contributed by atoms with van der Waals surface area (Å²) in [6.45, 7) is 1.52. The van der Waals surface area contributed by atoms with Gasteiger partial charge in [0.05, 0.1) is 5.56 Å². The number of alkyl halides is 1. The van der Waals surface area contributed by atoms with Gasteiger partial charge in [0.2, 0.25) is 0 Å². The maximum Gasteiger partial charge on any atom is 0.336 e. The molecule has 0 bridgehead atoms. The molecule has 2 rings (SSSR count). The van der Waals surface area contributed by atoms with Crippen LogP contribution in [0.5, 0.6) is 0 Å². The average molecular weight is 236 g/mol. The minimum atomic E-state index is -1.54. The first-order chi connectivity index (χ1) is 8.03. The molecule has 1 N–H and O–H groups in total. The molecule has 1 aliphatic carbocycles. The third-order valence-electron chi connectivity index (χ3n) is 3.81. The Morgan fingerprint density at radius 3 is 2.53 bits per heavy atom. The van der Waals surface area contributed by atoms with Crippen molar-refractivity contribution in [1.29, 1.82) is 0 Å². The van der Waals surface area contributed by atoms with E-state index in [-0.39, 0.29) is 11.5 Å². The molecule has 0 heterocycles. The topological polar surface area (TPSA) is 37.3 Å². The molecule has 1 aliphatic rings. The quantitative estimate of drug-likeness (QED) is 0.867. The maximum absolute atomic E-state index is 14.9. The first-order valence-electron chi connectivity index (χ1n) is 6.05. The van der Waals surface area contributed by atoms with E-state index in [0.29, 0.717) is 5.56 Å². The summed E-state index contributed by atoms with van der Waals surface area (Å²) in [5.74, 6) is -1.11. The Morgan fingerprint density at radius 2 is 1.94 bits per heavy atom. The predicted octanol–water partition coefficient (Wildman–Crippen LogP) is 3.76. The molecule has 1 unspecified atom stereocenters. The second-order valence-corrected chi connectivity index (χ2v) is 4.91. The largest absolute Gasteiger partial charge is 0.478 e. The van der Waals surface area contributed by atoms with Crippen molar-refractivity contribution in [2.45, 2.75) is 38.3 Å². The highest BCUT2D eigenvalue weighted by atomic mass is 19.1. The normalized spacial score (nSPS) is 20.1. The molecule has 3 heteroatoms. The molecule has 0 saturated heterocycles. The van der Waals surface area contributed by atoms with Crippen LogP contribution in [0.1, 0.15) is 48.5 Å². The first kappa shape index (κ1) is 12.1. The van der Waals surface area contributed by atoms with Crippen LogP contribution < -0.4 is 0 Å². The zero-order valence-electron chi connectivity index (χ0n) is 9.95. The number of carboxylic acids is 1. The average Bonchev–Trinajstić information content (AvgIpc) is 2.83. The van der Waals surface area contributed by atoms with Crippen LogP contribution in [0.3, 0.4) is 0 Å². The lowest BCUT2D eigenvalue weighted by Crippen LogP contribution is -2.27. The van der Waals surface area contributed by atoms with Gasteiger partial charge in [0.1, 0.15) is 5.67 Å². The molecular formula is C14H17FO2. The molecule has 1 atom stereocenters. The van der Waals surface area contributed by atoms with Crippen molar-refractivity contribution in [2.75, 3.05) is 0 Å². The van der Waals surface area contributed by atoms with Crippen molar-refractivity contribution in [3.05, 3.63) is 35.4 Å². The molecule has 1 aromatic rings. The molecule has 1 fully saturated rings. The zero-order valence-corrected chi connectivity index (χ0v) is 9.95. The number of rotatable bonds is 3. The summed E-state index contributed by atoms with van der Waals surface area (Å²) in [7, 11) is 0. The highest BCUT2D eigenvalue weighted by molar-refractivity contribution is 5.89. The molecular weight excluding hydrogens is 219 g/mol. The summed E-state index contributed by atoms with van der Waals surface area (Å²) >= 11 is 0. The van der Waals surface area contributed by atoms with E-state index < -0.39 is 11.6 Å². The fourth-order valence-corrected chi connectivity index (χ4v) is 2.78. The fraction of sp³-hybridized carbons (Fsp3) is 0.500. The van der Waals surface area contributed by atoms with E-state index in [0.717, 1.165) is 25.7 Å². The SMILES string of the molecule is CC(F)(c1ccccc1C(=O)O)C1CCCC1. The Labute approximate surface area is 100 Å². The number of benzene rings is 1. The van der Waals surface area contributed by atoms with E-state index in [9.17, 15) is 9.18 Å². The van der Waals surface area contributed by atoms with Crippen LogP contribution in [-0.4, -0.2) is 11.1 Å². The number of halogens is 1. The summed E-state index contributed by atoms with van der Waals surface area (Å²) in [6, 6.07) is 6.42. The molecule has 17 heavy (non-hydrogen) atoms. The zero-order chi connectivity index (χ0) is 12.5. The molecule has 1 saturated carbocycles. The minimum Gasteiger partial charge on any atom is -0.478 e. The third kappa shape index (κ3) is 2.19. The third-order valence-corrected chi connectivity index (χ3v) is 3.81. The second kappa shape index (κ2) is 4.47. The van der Waals surface area contributed by atoms with E-state index in [1.807, 2.05) is 0 Å². The second-order valence-electron chi connectivity index (χ2n) is 4.91. The molecule has 0 spiro atoms. The fourth-order valence-electron chi connectivity index (χ4n) is 2.78. The summed E-state index contributed by atoms with van der Waals surface area (Å²) in [5, 5.41) is 9.11. The Kier molecular flexibility index (Phi) is 3.18. The van der Waals surface area contributed by atoms with Crippen LogP contribution in [0.25, 0.3) is 0 Å². The van der Waals surface area contributed by atoms with Gasteiger partial charge in [0.25, 0.3) is 0 Å². The molecule has 0 radical (unpaired) electrons. The highest BCUT2D eigenvalue weighted by Crippen LogP contribution is 2.44. The molecule has 0 aliphatic heterocycles. The van der Waals surface area contributed by atoms with Crippen LogP contribution in [-0.2, 0) is 5.67 Å². The summed E-state index contributed by atoms with van der Waals surface area (Å²) in [5.41, 5.74) is -1.13. The van der Waals surface area contributed by atoms with E-state index in [1.165, 1.54) is 13.0 Å². The Bertz CT molecular complexity index is 420. The van der Waals surface area contributed by atoms with Gasteiger partial charge in [-0.1, -0.05) is 31.0 Å². The van der Waals surface area contributed by atoms with Gasteiger partial charge in [-0.05, 0) is 31.7 Å². The van der Waals surface area contributed by atoms with Gasteiger partial charge in [-0.2, -0.15) is 0 Å². The lowest BCUT2D eigenvalue weighted by atomic mass is 9.81. The number of hydrogen-bond donors (Lipinski definition) is 1. The molecule has 0 amide bonds. The van der Waals surface area contributed by atoms with Crippen molar-refractivity contribution in [2.24, 2.45) is 5.92 Å². The van der Waals surface area contributed by atoms with Crippen molar-refractivity contribution >= 4 is 5.97 Å². The highest BCUT2D eigenvalue weighted by Gasteiger charge is 2.39. The van der Waals surface area contributed by atoms with Crippen molar-refractivity contribution in [1.82, 2.24) is 0 Å². The molecule has 0 aromatic heterocycles. The molecule has 2 nitrogen and oxygen atoms in total. The Balaban J connectivity index is 2.41. The summed E-state index contributed by atoms with van der Waals surface area (Å²) in [6.07, 6.45) is 3.78. The number of carbonyl (C=O) groups is 1. The number of carboxylic acid groups (broad SMARTS) is 1. The van der Waals surface area contributed by atoms with Crippen LogP contribution in [0.2, 0.25) is 0 Å².